The molecule has 0 aliphatic carbocycles. The Hall–Kier alpha value is -4.88. The molecule has 10 nitrogen and oxygen atoms in total. The van der Waals surface area contributed by atoms with Crippen LogP contribution in [0, 0.1) is 23.3 Å². The molecular weight excluding hydrogens is 572 g/mol. The fourth-order valence-electron chi connectivity index (χ4n) is 4.48. The largest absolute Gasteiger partial charge is 0.451 e. The van der Waals surface area contributed by atoms with E-state index in [1.165, 1.54) is 24.3 Å². The number of amides is 1. The Morgan fingerprint density at radius 3 is 2.40 bits per heavy atom. The van der Waals surface area contributed by atoms with Crippen LogP contribution in [0.15, 0.2) is 59.8 Å². The van der Waals surface area contributed by atoms with E-state index in [1.54, 1.807) is 20.8 Å². The van der Waals surface area contributed by atoms with Crippen molar-refractivity contribution in [3.05, 3.63) is 94.3 Å². The van der Waals surface area contributed by atoms with Gasteiger partial charge in [0.25, 0.3) is 0 Å². The normalized spacial score (nSPS) is 16.5. The van der Waals surface area contributed by atoms with Crippen molar-refractivity contribution in [1.29, 1.82) is 0 Å². The van der Waals surface area contributed by atoms with Crippen LogP contribution in [-0.4, -0.2) is 49.7 Å². The highest BCUT2D eigenvalue weighted by Crippen LogP contribution is 2.33. The third kappa shape index (κ3) is 6.32. The standard InChI is InChI=1S/C29H28F4N6O4/c1-16-23(36-27(40)43-29(2,3)4)14-38(16)26-11-25(22(33)12-34-26)42-24-9-8-17(10-21(24)32)39-28(41)37(15-35-39)13-18-19(30)6-5-7-20(18)31/h5-12,15-16,23H,13-14H2,1-4H3,(H,36,40)/t16-,23-/m0/s1. The molecule has 1 aliphatic heterocycles. The number of carbonyl (C=O) groups is 1. The van der Waals surface area contributed by atoms with Crippen LogP contribution >= 0.6 is 0 Å². The second-order valence-corrected chi connectivity index (χ2v) is 11.0. The third-order valence-electron chi connectivity index (χ3n) is 6.77. The van der Waals surface area contributed by atoms with Crippen LogP contribution < -0.4 is 20.6 Å². The quantitative estimate of drug-likeness (QED) is 0.300. The van der Waals surface area contributed by atoms with Crippen LogP contribution in [0.25, 0.3) is 5.69 Å². The molecule has 0 radical (unpaired) electrons. The summed E-state index contributed by atoms with van der Waals surface area (Å²) < 4.78 is 70.3. The van der Waals surface area contributed by atoms with Gasteiger partial charge in [0.15, 0.2) is 23.1 Å². The molecule has 1 fully saturated rings. The number of halogens is 4. The number of benzene rings is 2. The molecule has 0 saturated carbocycles. The monoisotopic (exact) mass is 600 g/mol. The number of pyridine rings is 1. The van der Waals surface area contributed by atoms with Gasteiger partial charge in [0.1, 0.15) is 29.4 Å². The lowest BCUT2D eigenvalue weighted by molar-refractivity contribution is 0.0481. The van der Waals surface area contributed by atoms with Crippen molar-refractivity contribution in [3.8, 4) is 17.2 Å². The minimum Gasteiger partial charge on any atom is -0.451 e. The highest BCUT2D eigenvalue weighted by Gasteiger charge is 2.38. The molecule has 5 rings (SSSR count). The minimum absolute atomic E-state index is 0.0106. The Labute approximate surface area is 243 Å². The number of nitrogens with one attached hydrogen (secondary N) is 1. The Balaban J connectivity index is 1.28. The number of rotatable bonds is 7. The third-order valence-corrected chi connectivity index (χ3v) is 6.77. The Morgan fingerprint density at radius 2 is 1.74 bits per heavy atom. The summed E-state index contributed by atoms with van der Waals surface area (Å²) in [6.45, 7) is 7.10. The van der Waals surface area contributed by atoms with E-state index in [2.05, 4.69) is 15.4 Å². The first kappa shape index (κ1) is 29.6. The van der Waals surface area contributed by atoms with E-state index in [9.17, 15) is 22.8 Å². The zero-order valence-electron chi connectivity index (χ0n) is 23.6. The van der Waals surface area contributed by atoms with Crippen LogP contribution in [0.1, 0.15) is 33.3 Å². The fourth-order valence-corrected chi connectivity index (χ4v) is 4.48. The van der Waals surface area contributed by atoms with Crippen molar-refractivity contribution < 1.29 is 31.8 Å². The predicted molar refractivity (Wildman–Crippen MR) is 147 cm³/mol. The van der Waals surface area contributed by atoms with Crippen molar-refractivity contribution in [2.75, 3.05) is 11.4 Å². The van der Waals surface area contributed by atoms with Gasteiger partial charge in [-0.15, -0.1) is 0 Å². The van der Waals surface area contributed by atoms with Gasteiger partial charge in [-0.2, -0.15) is 9.78 Å². The average molecular weight is 601 g/mol. The zero-order valence-corrected chi connectivity index (χ0v) is 23.6. The molecule has 0 bridgehead atoms. The maximum atomic E-state index is 15.1. The van der Waals surface area contributed by atoms with Gasteiger partial charge >= 0.3 is 11.8 Å². The highest BCUT2D eigenvalue weighted by molar-refractivity contribution is 5.69. The molecule has 3 heterocycles. The van der Waals surface area contributed by atoms with E-state index < -0.39 is 47.2 Å². The number of carbonyl (C=O) groups excluding carboxylic acids is 1. The van der Waals surface area contributed by atoms with Gasteiger partial charge < -0.3 is 19.7 Å². The molecule has 14 heteroatoms. The summed E-state index contributed by atoms with van der Waals surface area (Å²) >= 11 is 0. The molecule has 2 atom stereocenters. The van der Waals surface area contributed by atoms with Crippen LogP contribution in [0.5, 0.6) is 11.5 Å². The first-order chi connectivity index (χ1) is 20.3. The van der Waals surface area contributed by atoms with Crippen molar-refractivity contribution in [2.24, 2.45) is 0 Å². The summed E-state index contributed by atoms with van der Waals surface area (Å²) in [6, 6.07) is 7.72. The topological polar surface area (TPSA) is 104 Å². The maximum absolute atomic E-state index is 15.1. The van der Waals surface area contributed by atoms with Crippen molar-refractivity contribution >= 4 is 11.9 Å². The lowest BCUT2D eigenvalue weighted by Gasteiger charge is -2.47. The van der Waals surface area contributed by atoms with Crippen molar-refractivity contribution in [1.82, 2.24) is 24.6 Å². The van der Waals surface area contributed by atoms with Crippen LogP contribution in [0.3, 0.4) is 0 Å². The molecule has 1 amide bonds. The minimum atomic E-state index is -0.921. The summed E-state index contributed by atoms with van der Waals surface area (Å²) in [5.41, 5.74) is -1.71. The van der Waals surface area contributed by atoms with Gasteiger partial charge in [-0.05, 0) is 52.0 Å². The van der Waals surface area contributed by atoms with E-state index in [4.69, 9.17) is 9.47 Å². The Morgan fingerprint density at radius 1 is 1.02 bits per heavy atom. The van der Waals surface area contributed by atoms with E-state index >= 15 is 4.39 Å². The summed E-state index contributed by atoms with van der Waals surface area (Å²) in [5.74, 6) is -3.66. The molecular formula is C29H28F4N6O4. The SMILES string of the molecule is C[C@H]1[C@@H](NC(=O)OC(C)(C)C)CN1c1cc(Oc2ccc(-n3ncn(Cc4c(F)cccc4F)c3=O)cc2F)c(F)cn1. The molecule has 2 aromatic carbocycles. The molecule has 1 aliphatic rings. The first-order valence-corrected chi connectivity index (χ1v) is 13.3. The zero-order chi connectivity index (χ0) is 31.1. The lowest BCUT2D eigenvalue weighted by Crippen LogP contribution is -2.66. The smallest absolute Gasteiger partial charge is 0.408 e. The highest BCUT2D eigenvalue weighted by atomic mass is 19.1. The molecule has 2 aromatic heterocycles. The molecule has 0 unspecified atom stereocenters. The van der Waals surface area contributed by atoms with E-state index in [1.807, 2.05) is 11.8 Å². The average Bonchev–Trinajstić information content (AvgIpc) is 3.29. The van der Waals surface area contributed by atoms with E-state index in [-0.39, 0.29) is 34.8 Å². The molecule has 43 heavy (non-hydrogen) atoms. The molecule has 1 saturated heterocycles. The lowest BCUT2D eigenvalue weighted by atomic mass is 9.98. The number of alkyl carbamates (subject to hydrolysis) is 1. The Bertz CT molecular complexity index is 1710. The molecule has 226 valence electrons. The van der Waals surface area contributed by atoms with Crippen molar-refractivity contribution in [3.63, 3.8) is 0 Å². The van der Waals surface area contributed by atoms with Gasteiger partial charge in [-0.3, -0.25) is 4.57 Å². The van der Waals surface area contributed by atoms with E-state index in [0.29, 0.717) is 12.4 Å². The summed E-state index contributed by atoms with van der Waals surface area (Å²) in [7, 11) is 0. The van der Waals surface area contributed by atoms with Gasteiger partial charge in [0.2, 0.25) is 0 Å². The molecule has 1 N–H and O–H groups in total. The van der Waals surface area contributed by atoms with E-state index in [0.717, 1.165) is 40.0 Å². The number of hydrogen-bond acceptors (Lipinski definition) is 7. The number of nitrogens with zero attached hydrogens (tertiary/aromatic N) is 5. The number of aromatic nitrogens is 4. The fraction of sp³-hybridized carbons (Fsp3) is 0.310. The molecule has 0 spiro atoms. The predicted octanol–water partition coefficient (Wildman–Crippen LogP) is 4.93. The van der Waals surface area contributed by atoms with Crippen molar-refractivity contribution in [2.45, 2.75) is 51.9 Å². The van der Waals surface area contributed by atoms with Gasteiger partial charge in [0, 0.05) is 30.3 Å². The van der Waals surface area contributed by atoms with Gasteiger partial charge in [-0.1, -0.05) is 6.07 Å². The van der Waals surface area contributed by atoms with Gasteiger partial charge in [-0.25, -0.2) is 32.1 Å². The number of hydrogen-bond donors (Lipinski definition) is 1. The number of anilines is 1. The summed E-state index contributed by atoms with van der Waals surface area (Å²) in [4.78, 5) is 30.8. The van der Waals surface area contributed by atoms with Crippen LogP contribution in [0.4, 0.5) is 28.2 Å². The first-order valence-electron chi connectivity index (χ1n) is 13.3. The second kappa shape index (κ2) is 11.4. The second-order valence-electron chi connectivity index (χ2n) is 11.0. The molecule has 4 aromatic rings. The van der Waals surface area contributed by atoms with Gasteiger partial charge in [0.05, 0.1) is 24.5 Å². The summed E-state index contributed by atoms with van der Waals surface area (Å²) in [6.07, 6.45) is 1.48. The van der Waals surface area contributed by atoms with Crippen LogP contribution in [0.2, 0.25) is 0 Å². The Kier molecular flexibility index (Phi) is 7.86. The van der Waals surface area contributed by atoms with Crippen LogP contribution in [-0.2, 0) is 11.3 Å². The number of ether oxygens (including phenoxy) is 2. The maximum Gasteiger partial charge on any atom is 0.408 e. The summed E-state index contributed by atoms with van der Waals surface area (Å²) in [5, 5.41) is 6.70.